The van der Waals surface area contributed by atoms with Crippen molar-refractivity contribution in [3.63, 3.8) is 0 Å². The third-order valence-corrected chi connectivity index (χ3v) is 3.58. The van der Waals surface area contributed by atoms with Gasteiger partial charge in [0.2, 0.25) is 0 Å². The molecule has 0 saturated heterocycles. The van der Waals surface area contributed by atoms with E-state index in [9.17, 15) is 4.79 Å². The first-order valence-electron chi connectivity index (χ1n) is 6.52. The van der Waals surface area contributed by atoms with Crippen LogP contribution in [0.5, 0.6) is 0 Å². The second-order valence-corrected chi connectivity index (χ2v) is 5.22. The van der Waals surface area contributed by atoms with Gasteiger partial charge in [0.15, 0.2) is 5.78 Å². The van der Waals surface area contributed by atoms with E-state index in [0.717, 1.165) is 22.5 Å². The summed E-state index contributed by atoms with van der Waals surface area (Å²) in [6, 6.07) is 0. The Bertz CT molecular complexity index is 522. The lowest BCUT2D eigenvalue weighted by atomic mass is 9.90. The lowest BCUT2D eigenvalue weighted by Gasteiger charge is -2.20. The summed E-state index contributed by atoms with van der Waals surface area (Å²) >= 11 is 0. The number of fused-ring (bicyclic) bond motifs is 1. The molecule has 1 aromatic heterocycles. The number of furan rings is 1. The van der Waals surface area contributed by atoms with Gasteiger partial charge in [0.05, 0.1) is 17.9 Å². The molecule has 0 bridgehead atoms. The lowest BCUT2D eigenvalue weighted by molar-refractivity contribution is 0.0772. The first-order chi connectivity index (χ1) is 9.02. The maximum Gasteiger partial charge on any atom is 0.167 e. The molecular formula is C16H20O3. The van der Waals surface area contributed by atoms with E-state index >= 15 is 0 Å². The summed E-state index contributed by atoms with van der Waals surface area (Å²) < 4.78 is 10.9. The monoisotopic (exact) mass is 260 g/mol. The molecule has 0 aliphatic heterocycles. The molecule has 2 atom stereocenters. The fraction of sp³-hybridized carbons (Fsp3) is 0.438. The van der Waals surface area contributed by atoms with E-state index in [1.54, 1.807) is 13.4 Å². The van der Waals surface area contributed by atoms with Crippen LogP contribution >= 0.6 is 0 Å². The fourth-order valence-corrected chi connectivity index (χ4v) is 2.51. The van der Waals surface area contributed by atoms with Gasteiger partial charge in [0, 0.05) is 20.0 Å². The minimum Gasteiger partial charge on any atom is -0.468 e. The van der Waals surface area contributed by atoms with Gasteiger partial charge >= 0.3 is 0 Å². The topological polar surface area (TPSA) is 39.4 Å². The van der Waals surface area contributed by atoms with Crippen molar-refractivity contribution < 1.29 is 13.9 Å². The van der Waals surface area contributed by atoms with Crippen molar-refractivity contribution in [2.45, 2.75) is 32.8 Å². The molecule has 1 aliphatic rings. The zero-order chi connectivity index (χ0) is 14.0. The first-order valence-corrected chi connectivity index (χ1v) is 6.52. The Kier molecular flexibility index (Phi) is 4.05. The highest BCUT2D eigenvalue weighted by Crippen LogP contribution is 2.26. The van der Waals surface area contributed by atoms with Crippen molar-refractivity contribution >= 4 is 5.78 Å². The van der Waals surface area contributed by atoms with E-state index in [1.165, 1.54) is 0 Å². The first kappa shape index (κ1) is 13.8. The molecule has 0 spiro atoms. The van der Waals surface area contributed by atoms with E-state index < -0.39 is 0 Å². The summed E-state index contributed by atoms with van der Waals surface area (Å²) in [5.74, 6) is 0.973. The van der Waals surface area contributed by atoms with Gasteiger partial charge in [-0.1, -0.05) is 25.7 Å². The summed E-state index contributed by atoms with van der Waals surface area (Å²) in [5.41, 5.74) is 2.54. The van der Waals surface area contributed by atoms with Crippen molar-refractivity contribution in [3.8, 4) is 0 Å². The summed E-state index contributed by atoms with van der Waals surface area (Å²) in [5, 5.41) is 0. The normalized spacial score (nSPS) is 26.1. The molecule has 1 aromatic rings. The zero-order valence-electron chi connectivity index (χ0n) is 11.7. The van der Waals surface area contributed by atoms with E-state index in [1.807, 2.05) is 26.0 Å². The Morgan fingerprint density at radius 1 is 1.47 bits per heavy atom. The number of ketones is 1. The van der Waals surface area contributed by atoms with Gasteiger partial charge in [-0.05, 0) is 24.0 Å². The Balaban J connectivity index is 2.40. The molecule has 2 rings (SSSR count). The van der Waals surface area contributed by atoms with Crippen LogP contribution in [0.3, 0.4) is 0 Å². The molecule has 19 heavy (non-hydrogen) atoms. The number of ether oxygens (including phenoxy) is 1. The van der Waals surface area contributed by atoms with Gasteiger partial charge < -0.3 is 9.15 Å². The smallest absolute Gasteiger partial charge is 0.167 e. The molecule has 1 heterocycles. The van der Waals surface area contributed by atoms with E-state index in [-0.39, 0.29) is 17.8 Å². The summed E-state index contributed by atoms with van der Waals surface area (Å²) in [7, 11) is 1.67. The maximum atomic E-state index is 12.4. The van der Waals surface area contributed by atoms with Crippen molar-refractivity contribution in [2.24, 2.45) is 5.92 Å². The number of hydrogen-bond acceptors (Lipinski definition) is 3. The molecule has 0 N–H and O–H groups in total. The largest absolute Gasteiger partial charge is 0.468 e. The minimum atomic E-state index is -0.0607. The summed E-state index contributed by atoms with van der Waals surface area (Å²) in [6.07, 6.45) is 6.55. The highest BCUT2D eigenvalue weighted by molar-refractivity contribution is 5.98. The van der Waals surface area contributed by atoms with Gasteiger partial charge in [0.25, 0.3) is 0 Å². The van der Waals surface area contributed by atoms with Crippen LogP contribution in [0.4, 0.5) is 0 Å². The van der Waals surface area contributed by atoms with Crippen molar-refractivity contribution in [1.82, 2.24) is 0 Å². The number of Topliss-reactive ketones (excluding diaryl/α,β-unsaturated/α-hetero) is 1. The molecule has 102 valence electrons. The molecular weight excluding hydrogens is 240 g/mol. The number of allylic oxidation sites excluding steroid dienone is 2. The number of rotatable bonds is 1. The van der Waals surface area contributed by atoms with Crippen LogP contribution in [0.1, 0.15) is 35.0 Å². The molecule has 3 nitrogen and oxygen atoms in total. The quantitative estimate of drug-likeness (QED) is 0.776. The van der Waals surface area contributed by atoms with E-state index in [2.05, 4.69) is 6.58 Å². The fourth-order valence-electron chi connectivity index (χ4n) is 2.51. The average molecular weight is 260 g/mol. The van der Waals surface area contributed by atoms with Crippen LogP contribution in [0, 0.1) is 12.8 Å². The molecule has 0 saturated carbocycles. The van der Waals surface area contributed by atoms with Crippen LogP contribution in [0.2, 0.25) is 0 Å². The van der Waals surface area contributed by atoms with Gasteiger partial charge in [0.1, 0.15) is 5.76 Å². The molecule has 0 amide bonds. The minimum absolute atomic E-state index is 0.0607. The average Bonchev–Trinajstić information content (AvgIpc) is 2.70. The zero-order valence-corrected chi connectivity index (χ0v) is 11.7. The van der Waals surface area contributed by atoms with Crippen LogP contribution < -0.4 is 0 Å². The summed E-state index contributed by atoms with van der Waals surface area (Å²) in [6.45, 7) is 7.93. The van der Waals surface area contributed by atoms with Gasteiger partial charge in [-0.15, -0.1) is 0 Å². The van der Waals surface area contributed by atoms with Crippen molar-refractivity contribution in [2.75, 3.05) is 7.11 Å². The SMILES string of the molecule is C=C1/C=C\C(OC)C(C)CC(=O)c2c(C)coc2C1. The van der Waals surface area contributed by atoms with Crippen LogP contribution in [0.25, 0.3) is 0 Å². The molecule has 1 aliphatic carbocycles. The Hall–Kier alpha value is -1.61. The number of carbonyl (C=O) groups is 1. The maximum absolute atomic E-state index is 12.4. The van der Waals surface area contributed by atoms with Crippen molar-refractivity contribution in [1.29, 1.82) is 0 Å². The van der Waals surface area contributed by atoms with Crippen molar-refractivity contribution in [3.05, 3.63) is 47.5 Å². The highest BCUT2D eigenvalue weighted by atomic mass is 16.5. The predicted molar refractivity (Wildman–Crippen MR) is 74.3 cm³/mol. The molecule has 0 radical (unpaired) electrons. The second-order valence-electron chi connectivity index (χ2n) is 5.22. The van der Waals surface area contributed by atoms with E-state index in [4.69, 9.17) is 9.15 Å². The van der Waals surface area contributed by atoms with Crippen LogP contribution in [-0.2, 0) is 11.2 Å². The highest BCUT2D eigenvalue weighted by Gasteiger charge is 2.24. The Labute approximate surface area is 113 Å². The van der Waals surface area contributed by atoms with Crippen LogP contribution in [0.15, 0.2) is 35.0 Å². The molecule has 3 heteroatoms. The third-order valence-electron chi connectivity index (χ3n) is 3.58. The lowest BCUT2D eigenvalue weighted by Crippen LogP contribution is -2.22. The van der Waals surface area contributed by atoms with E-state index in [0.29, 0.717) is 12.8 Å². The Morgan fingerprint density at radius 3 is 2.89 bits per heavy atom. The number of carbonyl (C=O) groups excluding carboxylic acids is 1. The van der Waals surface area contributed by atoms with Gasteiger partial charge in [-0.25, -0.2) is 0 Å². The molecule has 2 unspecified atom stereocenters. The number of methoxy groups -OCH3 is 1. The standard InChI is InChI=1S/C16H20O3/c1-10-5-6-14(18-4)11(2)8-13(17)16-12(3)9-19-15(16)7-10/h5-6,9,11,14H,1,7-8H2,2-4H3/b6-5-. The number of hydrogen-bond donors (Lipinski definition) is 0. The number of aryl methyl sites for hydroxylation is 1. The Morgan fingerprint density at radius 2 is 2.21 bits per heavy atom. The van der Waals surface area contributed by atoms with Gasteiger partial charge in [-0.2, -0.15) is 0 Å². The van der Waals surface area contributed by atoms with Crippen LogP contribution in [-0.4, -0.2) is 19.0 Å². The second kappa shape index (κ2) is 5.57. The summed E-state index contributed by atoms with van der Waals surface area (Å²) in [4.78, 5) is 12.4. The van der Waals surface area contributed by atoms with Gasteiger partial charge in [-0.3, -0.25) is 4.79 Å². The molecule has 0 fully saturated rings. The predicted octanol–water partition coefficient (Wildman–Crippen LogP) is 3.48. The third kappa shape index (κ3) is 2.87. The molecule has 0 aromatic carbocycles.